The average Bonchev–Trinajstić information content (AvgIpc) is 3.25. The molecule has 1 heterocycles. The van der Waals surface area contributed by atoms with Gasteiger partial charge in [-0.1, -0.05) is 59.6 Å². The van der Waals surface area contributed by atoms with Crippen LogP contribution in [0.2, 0.25) is 5.02 Å². The number of aromatic nitrogens is 4. The third kappa shape index (κ3) is 4.25. The predicted octanol–water partition coefficient (Wildman–Crippen LogP) is 5.14. The number of rotatable bonds is 4. The van der Waals surface area contributed by atoms with Crippen molar-refractivity contribution in [3.05, 3.63) is 77.3 Å². The zero-order valence-electron chi connectivity index (χ0n) is 15.5. The van der Waals surface area contributed by atoms with Crippen molar-refractivity contribution >= 4 is 29.0 Å². The van der Waals surface area contributed by atoms with Crippen LogP contribution in [0.1, 0.15) is 5.56 Å². The van der Waals surface area contributed by atoms with E-state index in [4.69, 9.17) is 11.6 Å². The van der Waals surface area contributed by atoms with E-state index in [1.165, 1.54) is 5.56 Å². The number of benzene rings is 3. The fraction of sp³-hybridized carbons (Fsp3) is 0.0476. The van der Waals surface area contributed by atoms with Gasteiger partial charge in [0.25, 0.3) is 0 Å². The number of urea groups is 1. The smallest absolute Gasteiger partial charge is 0.307 e. The number of carbonyl (C=O) groups is 1. The highest BCUT2D eigenvalue weighted by atomic mass is 35.5. The molecule has 0 aliphatic heterocycles. The summed E-state index contributed by atoms with van der Waals surface area (Å²) in [6.45, 7) is 2.04. The molecule has 0 saturated carbocycles. The molecule has 0 radical (unpaired) electrons. The maximum Gasteiger partial charge on any atom is 0.323 e. The second-order valence-electron chi connectivity index (χ2n) is 6.42. The lowest BCUT2D eigenvalue weighted by Gasteiger charge is -2.13. The van der Waals surface area contributed by atoms with Crippen LogP contribution in [0.25, 0.3) is 22.5 Å². The minimum Gasteiger partial charge on any atom is -0.307 e. The summed E-state index contributed by atoms with van der Waals surface area (Å²) in [5.41, 5.74) is 4.91. The first-order valence-corrected chi connectivity index (χ1v) is 9.25. The van der Waals surface area contributed by atoms with Gasteiger partial charge in [0.05, 0.1) is 16.4 Å². The van der Waals surface area contributed by atoms with Gasteiger partial charge in [-0.3, -0.25) is 0 Å². The van der Waals surface area contributed by atoms with Crippen molar-refractivity contribution in [1.82, 2.24) is 20.6 Å². The second-order valence-corrected chi connectivity index (χ2v) is 6.83. The first kappa shape index (κ1) is 18.6. The van der Waals surface area contributed by atoms with Crippen LogP contribution >= 0.6 is 11.6 Å². The summed E-state index contributed by atoms with van der Waals surface area (Å²) >= 11 is 6.11. The molecule has 0 unspecified atom stereocenters. The van der Waals surface area contributed by atoms with Gasteiger partial charge in [-0.25, -0.2) is 4.79 Å². The molecule has 0 fully saturated rings. The lowest BCUT2D eigenvalue weighted by molar-refractivity contribution is 0.262. The molecule has 4 rings (SSSR count). The number of tetrazole rings is 1. The van der Waals surface area contributed by atoms with Crippen LogP contribution in [-0.4, -0.2) is 26.7 Å². The van der Waals surface area contributed by atoms with E-state index in [0.717, 1.165) is 11.1 Å². The Balaban J connectivity index is 1.65. The third-order valence-corrected chi connectivity index (χ3v) is 4.69. The molecule has 29 heavy (non-hydrogen) atoms. The van der Waals surface area contributed by atoms with Crippen molar-refractivity contribution in [3.8, 4) is 22.5 Å². The number of carbonyl (C=O) groups excluding carboxylic acids is 1. The zero-order valence-corrected chi connectivity index (χ0v) is 16.2. The van der Waals surface area contributed by atoms with Crippen molar-refractivity contribution in [3.63, 3.8) is 0 Å². The van der Waals surface area contributed by atoms with E-state index in [1.54, 1.807) is 24.3 Å². The van der Waals surface area contributed by atoms with Gasteiger partial charge < -0.3 is 10.6 Å². The van der Waals surface area contributed by atoms with E-state index in [1.807, 2.05) is 49.4 Å². The quantitative estimate of drug-likeness (QED) is 0.438. The largest absolute Gasteiger partial charge is 0.323 e. The standard InChI is InChI=1S/C21H17ClN6O/c1-13-6-8-14(9-7-13)15-10-11-18(16(12-15)20-25-27-28-26-20)23-21(29)24-19-5-3-2-4-17(19)22/h2-12H,1H3,(H2,23,24,29)(H,25,26,27,28). The Hall–Kier alpha value is -3.71. The molecule has 3 N–H and O–H groups in total. The SMILES string of the molecule is Cc1ccc(-c2ccc(NC(=O)Nc3ccccc3Cl)c(-c3nn[nH]n3)c2)cc1. The molecule has 3 aromatic carbocycles. The number of amides is 2. The topological polar surface area (TPSA) is 95.6 Å². The Morgan fingerprint density at radius 1 is 0.931 bits per heavy atom. The maximum absolute atomic E-state index is 12.5. The van der Waals surface area contributed by atoms with Gasteiger partial charge in [-0.15, -0.1) is 10.2 Å². The van der Waals surface area contributed by atoms with Crippen LogP contribution in [-0.2, 0) is 0 Å². The van der Waals surface area contributed by atoms with Crippen LogP contribution in [0.5, 0.6) is 0 Å². The molecule has 7 nitrogen and oxygen atoms in total. The van der Waals surface area contributed by atoms with Crippen LogP contribution < -0.4 is 10.6 Å². The molecule has 0 atom stereocenters. The molecule has 8 heteroatoms. The molecule has 0 bridgehead atoms. The van der Waals surface area contributed by atoms with E-state index in [2.05, 4.69) is 31.3 Å². The summed E-state index contributed by atoms with van der Waals surface area (Å²) in [4.78, 5) is 12.5. The summed E-state index contributed by atoms with van der Waals surface area (Å²) in [5.74, 6) is 0.381. The summed E-state index contributed by atoms with van der Waals surface area (Å²) in [7, 11) is 0. The van der Waals surface area contributed by atoms with Gasteiger partial charge in [0.2, 0.25) is 5.82 Å². The summed E-state index contributed by atoms with van der Waals surface area (Å²) in [6, 6.07) is 20.4. The minimum atomic E-state index is -0.425. The second kappa shape index (κ2) is 8.12. The summed E-state index contributed by atoms with van der Waals surface area (Å²) in [6.07, 6.45) is 0. The van der Waals surface area contributed by atoms with Crippen molar-refractivity contribution in [2.45, 2.75) is 6.92 Å². The summed E-state index contributed by atoms with van der Waals surface area (Å²) in [5, 5.41) is 20.2. The number of hydrogen-bond acceptors (Lipinski definition) is 4. The molecule has 144 valence electrons. The first-order valence-electron chi connectivity index (χ1n) is 8.87. The van der Waals surface area contributed by atoms with Crippen LogP contribution in [0, 0.1) is 6.92 Å². The fourth-order valence-corrected chi connectivity index (χ4v) is 3.06. The van der Waals surface area contributed by atoms with Gasteiger partial charge in [0.15, 0.2) is 0 Å². The molecule has 0 aliphatic carbocycles. The average molecular weight is 405 g/mol. The Kier molecular flexibility index (Phi) is 5.22. The lowest BCUT2D eigenvalue weighted by Crippen LogP contribution is -2.20. The van der Waals surface area contributed by atoms with Crippen LogP contribution in [0.15, 0.2) is 66.7 Å². The van der Waals surface area contributed by atoms with E-state index in [0.29, 0.717) is 27.8 Å². The number of hydrogen-bond donors (Lipinski definition) is 3. The monoisotopic (exact) mass is 404 g/mol. The molecule has 0 saturated heterocycles. The highest BCUT2D eigenvalue weighted by Gasteiger charge is 2.14. The third-order valence-electron chi connectivity index (χ3n) is 4.36. The highest BCUT2D eigenvalue weighted by Crippen LogP contribution is 2.31. The van der Waals surface area contributed by atoms with Crippen molar-refractivity contribution < 1.29 is 4.79 Å². The van der Waals surface area contributed by atoms with Crippen molar-refractivity contribution in [2.24, 2.45) is 0 Å². The number of nitrogens with zero attached hydrogens (tertiary/aromatic N) is 3. The fourth-order valence-electron chi connectivity index (χ4n) is 2.88. The normalized spacial score (nSPS) is 10.6. The molecular formula is C21H17ClN6O. The van der Waals surface area contributed by atoms with Crippen molar-refractivity contribution in [1.29, 1.82) is 0 Å². The van der Waals surface area contributed by atoms with Gasteiger partial charge in [-0.2, -0.15) is 5.21 Å². The van der Waals surface area contributed by atoms with Gasteiger partial charge in [0, 0.05) is 5.56 Å². The van der Waals surface area contributed by atoms with Gasteiger partial charge in [-0.05, 0) is 47.5 Å². The molecule has 1 aromatic heterocycles. The molecular weight excluding hydrogens is 388 g/mol. The first-order chi connectivity index (χ1) is 14.1. The number of aromatic amines is 1. The molecule has 4 aromatic rings. The number of halogens is 1. The van der Waals surface area contributed by atoms with Gasteiger partial charge in [0.1, 0.15) is 0 Å². The Labute approximate surface area is 172 Å². The molecule has 2 amide bonds. The van der Waals surface area contributed by atoms with Crippen LogP contribution in [0.3, 0.4) is 0 Å². The Morgan fingerprint density at radius 2 is 1.66 bits per heavy atom. The molecule has 0 aliphatic rings. The van der Waals surface area contributed by atoms with E-state index in [9.17, 15) is 4.79 Å². The van der Waals surface area contributed by atoms with Crippen molar-refractivity contribution in [2.75, 3.05) is 10.6 Å². The zero-order chi connectivity index (χ0) is 20.2. The predicted molar refractivity (Wildman–Crippen MR) is 114 cm³/mol. The highest BCUT2D eigenvalue weighted by molar-refractivity contribution is 6.33. The summed E-state index contributed by atoms with van der Waals surface area (Å²) < 4.78 is 0. The number of para-hydroxylation sites is 1. The van der Waals surface area contributed by atoms with E-state index in [-0.39, 0.29) is 0 Å². The maximum atomic E-state index is 12.5. The van der Waals surface area contributed by atoms with Gasteiger partial charge >= 0.3 is 6.03 Å². The molecule has 0 spiro atoms. The lowest BCUT2D eigenvalue weighted by atomic mass is 10.0. The number of anilines is 2. The van der Waals surface area contributed by atoms with E-state index < -0.39 is 6.03 Å². The number of aryl methyl sites for hydroxylation is 1. The Bertz CT molecular complexity index is 1140. The number of nitrogens with one attached hydrogen (secondary N) is 3. The van der Waals surface area contributed by atoms with E-state index >= 15 is 0 Å². The Morgan fingerprint density at radius 3 is 2.38 bits per heavy atom. The number of H-pyrrole nitrogens is 1. The van der Waals surface area contributed by atoms with Crippen LogP contribution in [0.4, 0.5) is 16.2 Å². The minimum absolute atomic E-state index is 0.381.